The standard InChI is InChI=1S/C13H20IN/c1-3-5-9-13(15-4-2)11-7-6-8-12(14)10-11/h6-8,10,13,15H,3-5,9H2,1-2H3. The van der Waals surface area contributed by atoms with E-state index in [4.69, 9.17) is 0 Å². The first-order chi connectivity index (χ1) is 7.27. The fourth-order valence-electron chi connectivity index (χ4n) is 1.76. The third-order valence-electron chi connectivity index (χ3n) is 2.55. The first-order valence-corrected chi connectivity index (χ1v) is 6.84. The summed E-state index contributed by atoms with van der Waals surface area (Å²) in [6.07, 6.45) is 3.80. The molecule has 1 atom stereocenters. The molecule has 15 heavy (non-hydrogen) atoms. The van der Waals surface area contributed by atoms with E-state index >= 15 is 0 Å². The van der Waals surface area contributed by atoms with Gasteiger partial charge in [-0.2, -0.15) is 0 Å². The van der Waals surface area contributed by atoms with E-state index in [2.05, 4.69) is 66.0 Å². The van der Waals surface area contributed by atoms with Crippen LogP contribution in [0.1, 0.15) is 44.7 Å². The number of rotatable bonds is 6. The fourth-order valence-corrected chi connectivity index (χ4v) is 2.33. The van der Waals surface area contributed by atoms with E-state index < -0.39 is 0 Å². The second kappa shape index (κ2) is 7.23. The molecule has 2 heteroatoms. The van der Waals surface area contributed by atoms with Crippen molar-refractivity contribution in [3.8, 4) is 0 Å². The van der Waals surface area contributed by atoms with E-state index in [0.717, 1.165) is 6.54 Å². The van der Waals surface area contributed by atoms with E-state index in [-0.39, 0.29) is 0 Å². The van der Waals surface area contributed by atoms with Gasteiger partial charge in [-0.3, -0.25) is 0 Å². The average molecular weight is 317 g/mol. The molecular weight excluding hydrogens is 297 g/mol. The molecule has 0 saturated carbocycles. The maximum Gasteiger partial charge on any atom is 0.0320 e. The van der Waals surface area contributed by atoms with Gasteiger partial charge in [0.1, 0.15) is 0 Å². The molecule has 0 fully saturated rings. The summed E-state index contributed by atoms with van der Waals surface area (Å²) in [5.74, 6) is 0. The van der Waals surface area contributed by atoms with Crippen molar-refractivity contribution in [2.45, 2.75) is 39.2 Å². The van der Waals surface area contributed by atoms with Gasteiger partial charge in [-0.05, 0) is 53.3 Å². The Hall–Kier alpha value is -0.0900. The zero-order chi connectivity index (χ0) is 11.1. The molecule has 1 rings (SSSR count). The summed E-state index contributed by atoms with van der Waals surface area (Å²) >= 11 is 2.38. The molecule has 0 bridgehead atoms. The Morgan fingerprint density at radius 3 is 2.73 bits per heavy atom. The Morgan fingerprint density at radius 2 is 2.13 bits per heavy atom. The molecule has 0 spiro atoms. The molecule has 0 radical (unpaired) electrons. The number of unbranched alkanes of at least 4 members (excludes halogenated alkanes) is 1. The van der Waals surface area contributed by atoms with Gasteiger partial charge in [0.05, 0.1) is 0 Å². The Morgan fingerprint density at radius 1 is 1.33 bits per heavy atom. The third-order valence-corrected chi connectivity index (χ3v) is 3.22. The lowest BCUT2D eigenvalue weighted by Gasteiger charge is -2.18. The Labute approximate surface area is 107 Å². The summed E-state index contributed by atoms with van der Waals surface area (Å²) in [6, 6.07) is 9.33. The van der Waals surface area contributed by atoms with Crippen LogP contribution in [-0.2, 0) is 0 Å². The number of hydrogen-bond acceptors (Lipinski definition) is 1. The highest BCUT2D eigenvalue weighted by Gasteiger charge is 2.09. The summed E-state index contributed by atoms with van der Waals surface area (Å²) in [4.78, 5) is 0. The van der Waals surface area contributed by atoms with Crippen LogP contribution in [0.25, 0.3) is 0 Å². The van der Waals surface area contributed by atoms with Crippen molar-refractivity contribution in [1.82, 2.24) is 5.32 Å². The second-order valence-electron chi connectivity index (χ2n) is 3.81. The number of benzene rings is 1. The zero-order valence-electron chi connectivity index (χ0n) is 9.59. The van der Waals surface area contributed by atoms with E-state index in [1.165, 1.54) is 28.4 Å². The van der Waals surface area contributed by atoms with Gasteiger partial charge in [0.2, 0.25) is 0 Å². The Balaban J connectivity index is 2.69. The van der Waals surface area contributed by atoms with Crippen molar-refractivity contribution in [3.05, 3.63) is 33.4 Å². The topological polar surface area (TPSA) is 12.0 Å². The summed E-state index contributed by atoms with van der Waals surface area (Å²) in [6.45, 7) is 5.46. The SMILES string of the molecule is CCCCC(NCC)c1cccc(I)c1. The lowest BCUT2D eigenvalue weighted by atomic mass is 10.0. The van der Waals surface area contributed by atoms with Crippen LogP contribution in [0.4, 0.5) is 0 Å². The van der Waals surface area contributed by atoms with Crippen molar-refractivity contribution in [1.29, 1.82) is 0 Å². The lowest BCUT2D eigenvalue weighted by molar-refractivity contribution is 0.494. The molecule has 1 nitrogen and oxygen atoms in total. The van der Waals surface area contributed by atoms with E-state index in [1.54, 1.807) is 0 Å². The van der Waals surface area contributed by atoms with Gasteiger partial charge < -0.3 is 5.32 Å². The molecule has 84 valence electrons. The Bertz CT molecular complexity index is 286. The minimum absolute atomic E-state index is 0.532. The molecule has 0 heterocycles. The first kappa shape index (κ1) is 13.0. The van der Waals surface area contributed by atoms with Crippen LogP contribution in [0.2, 0.25) is 0 Å². The molecule has 0 aromatic heterocycles. The second-order valence-corrected chi connectivity index (χ2v) is 5.05. The summed E-state index contributed by atoms with van der Waals surface area (Å²) in [5, 5.41) is 3.56. The average Bonchev–Trinajstić information content (AvgIpc) is 2.24. The summed E-state index contributed by atoms with van der Waals surface area (Å²) < 4.78 is 1.32. The minimum atomic E-state index is 0.532. The van der Waals surface area contributed by atoms with E-state index in [9.17, 15) is 0 Å². The lowest BCUT2D eigenvalue weighted by Crippen LogP contribution is -2.20. The Kier molecular flexibility index (Phi) is 6.25. The van der Waals surface area contributed by atoms with Gasteiger partial charge >= 0.3 is 0 Å². The number of nitrogens with one attached hydrogen (secondary N) is 1. The maximum atomic E-state index is 3.56. The molecule has 1 aromatic rings. The quantitative estimate of drug-likeness (QED) is 0.778. The zero-order valence-corrected chi connectivity index (χ0v) is 11.8. The van der Waals surface area contributed by atoms with Crippen LogP contribution in [-0.4, -0.2) is 6.54 Å². The van der Waals surface area contributed by atoms with Gasteiger partial charge in [0.15, 0.2) is 0 Å². The molecule has 0 aliphatic heterocycles. The smallest absolute Gasteiger partial charge is 0.0320 e. The van der Waals surface area contributed by atoms with E-state index in [1.807, 2.05) is 0 Å². The van der Waals surface area contributed by atoms with Crippen LogP contribution in [0, 0.1) is 3.57 Å². The highest BCUT2D eigenvalue weighted by atomic mass is 127. The summed E-state index contributed by atoms with van der Waals surface area (Å²) in [5.41, 5.74) is 1.43. The highest BCUT2D eigenvalue weighted by Crippen LogP contribution is 2.20. The predicted molar refractivity (Wildman–Crippen MR) is 75.1 cm³/mol. The number of halogens is 1. The van der Waals surface area contributed by atoms with Gasteiger partial charge in [-0.1, -0.05) is 38.8 Å². The van der Waals surface area contributed by atoms with Gasteiger partial charge in [-0.25, -0.2) is 0 Å². The largest absolute Gasteiger partial charge is 0.310 e. The maximum absolute atomic E-state index is 3.56. The van der Waals surface area contributed by atoms with Crippen LogP contribution in [0.15, 0.2) is 24.3 Å². The number of hydrogen-bond donors (Lipinski definition) is 1. The molecule has 1 N–H and O–H groups in total. The summed E-state index contributed by atoms with van der Waals surface area (Å²) in [7, 11) is 0. The molecule has 1 unspecified atom stereocenters. The van der Waals surface area contributed by atoms with Crippen LogP contribution in [0.3, 0.4) is 0 Å². The first-order valence-electron chi connectivity index (χ1n) is 5.76. The molecular formula is C13H20IN. The van der Waals surface area contributed by atoms with Crippen molar-refractivity contribution in [2.24, 2.45) is 0 Å². The van der Waals surface area contributed by atoms with Crippen molar-refractivity contribution >= 4 is 22.6 Å². The van der Waals surface area contributed by atoms with Crippen molar-refractivity contribution in [2.75, 3.05) is 6.54 Å². The molecule has 0 saturated heterocycles. The van der Waals surface area contributed by atoms with E-state index in [0.29, 0.717) is 6.04 Å². The van der Waals surface area contributed by atoms with Gasteiger partial charge in [-0.15, -0.1) is 0 Å². The van der Waals surface area contributed by atoms with Crippen molar-refractivity contribution in [3.63, 3.8) is 0 Å². The molecule has 0 aliphatic carbocycles. The molecule has 0 aliphatic rings. The molecule has 1 aromatic carbocycles. The van der Waals surface area contributed by atoms with Gasteiger partial charge in [0.25, 0.3) is 0 Å². The fraction of sp³-hybridized carbons (Fsp3) is 0.538. The van der Waals surface area contributed by atoms with Crippen LogP contribution in [0.5, 0.6) is 0 Å². The predicted octanol–water partition coefficient (Wildman–Crippen LogP) is 4.13. The highest BCUT2D eigenvalue weighted by molar-refractivity contribution is 14.1. The van der Waals surface area contributed by atoms with Gasteiger partial charge in [0, 0.05) is 9.61 Å². The minimum Gasteiger partial charge on any atom is -0.310 e. The van der Waals surface area contributed by atoms with Crippen LogP contribution >= 0.6 is 22.6 Å². The monoisotopic (exact) mass is 317 g/mol. The third kappa shape index (κ3) is 4.51. The molecule has 0 amide bonds. The normalized spacial score (nSPS) is 12.7. The van der Waals surface area contributed by atoms with Crippen molar-refractivity contribution < 1.29 is 0 Å². The van der Waals surface area contributed by atoms with Crippen LogP contribution < -0.4 is 5.32 Å².